The van der Waals surface area contributed by atoms with Gasteiger partial charge in [0, 0.05) is 29.7 Å². The van der Waals surface area contributed by atoms with Crippen LogP contribution in [0.4, 0.5) is 0 Å². The van der Waals surface area contributed by atoms with Crippen molar-refractivity contribution in [1.82, 2.24) is 9.88 Å². The molecule has 2 heterocycles. The molecule has 3 rings (SSSR count). The minimum atomic E-state index is -0.0263. The third kappa shape index (κ3) is 4.47. The molecule has 1 aromatic heterocycles. The van der Waals surface area contributed by atoms with Gasteiger partial charge in [-0.25, -0.2) is 4.98 Å². The Labute approximate surface area is 149 Å². The third-order valence-corrected chi connectivity index (χ3v) is 4.31. The first-order valence-electron chi connectivity index (χ1n) is 7.85. The molecule has 0 aliphatic carbocycles. The van der Waals surface area contributed by atoms with Crippen molar-refractivity contribution in [3.8, 4) is 11.6 Å². The zero-order chi connectivity index (χ0) is 16.9. The number of likely N-dealkylation sites (tertiary alicyclic amines) is 1. The lowest BCUT2D eigenvalue weighted by Crippen LogP contribution is -2.34. The molecule has 1 aliphatic rings. The summed E-state index contributed by atoms with van der Waals surface area (Å²) in [5, 5.41) is 0. The highest BCUT2D eigenvalue weighted by molar-refractivity contribution is 9.10. The van der Waals surface area contributed by atoms with E-state index in [9.17, 15) is 4.79 Å². The zero-order valence-electron chi connectivity index (χ0n) is 13.4. The van der Waals surface area contributed by atoms with Crippen LogP contribution in [0.15, 0.2) is 47.1 Å². The van der Waals surface area contributed by atoms with Crippen LogP contribution in [0.2, 0.25) is 0 Å². The van der Waals surface area contributed by atoms with Gasteiger partial charge in [-0.05, 0) is 46.6 Å². The van der Waals surface area contributed by atoms with Crippen molar-refractivity contribution in [3.63, 3.8) is 0 Å². The summed E-state index contributed by atoms with van der Waals surface area (Å²) in [7, 11) is 0. The highest BCUT2D eigenvalue weighted by Crippen LogP contribution is 2.19. The lowest BCUT2D eigenvalue weighted by molar-refractivity contribution is -0.132. The normalized spacial score (nSPS) is 16.9. The summed E-state index contributed by atoms with van der Waals surface area (Å²) in [6.45, 7) is 3.28. The summed E-state index contributed by atoms with van der Waals surface area (Å²) >= 11 is 3.34. The van der Waals surface area contributed by atoms with Gasteiger partial charge in [0.2, 0.25) is 5.88 Å². The Bertz CT molecular complexity index is 706. The van der Waals surface area contributed by atoms with Gasteiger partial charge in [-0.3, -0.25) is 4.79 Å². The number of hydrogen-bond donors (Lipinski definition) is 0. The molecular weight excluding hydrogens is 372 g/mol. The first-order chi connectivity index (χ1) is 11.6. The molecule has 5 nitrogen and oxygen atoms in total. The van der Waals surface area contributed by atoms with Crippen molar-refractivity contribution in [1.29, 1.82) is 0 Å². The van der Waals surface area contributed by atoms with E-state index in [4.69, 9.17) is 9.47 Å². The van der Waals surface area contributed by atoms with Crippen LogP contribution < -0.4 is 9.47 Å². The fourth-order valence-corrected chi connectivity index (χ4v) is 2.83. The second kappa shape index (κ2) is 7.66. The quantitative estimate of drug-likeness (QED) is 0.786. The summed E-state index contributed by atoms with van der Waals surface area (Å²) in [5.74, 6) is 1.27. The largest absolute Gasteiger partial charge is 0.484 e. The van der Waals surface area contributed by atoms with Gasteiger partial charge in [0.25, 0.3) is 5.91 Å². The van der Waals surface area contributed by atoms with Crippen LogP contribution >= 0.6 is 15.9 Å². The number of pyridine rings is 1. The lowest BCUT2D eigenvalue weighted by Gasteiger charge is -2.17. The third-order valence-electron chi connectivity index (χ3n) is 3.84. The molecule has 1 amide bonds. The van der Waals surface area contributed by atoms with E-state index in [0.29, 0.717) is 19.0 Å². The van der Waals surface area contributed by atoms with Crippen molar-refractivity contribution in [2.24, 2.45) is 0 Å². The summed E-state index contributed by atoms with van der Waals surface area (Å²) in [4.78, 5) is 18.2. The number of nitrogens with zero attached hydrogens (tertiary/aromatic N) is 2. The molecule has 6 heteroatoms. The molecule has 1 aromatic carbocycles. The molecule has 0 radical (unpaired) electrons. The molecule has 1 fully saturated rings. The zero-order valence-corrected chi connectivity index (χ0v) is 15.0. The van der Waals surface area contributed by atoms with Crippen LogP contribution in [0.3, 0.4) is 0 Å². The summed E-state index contributed by atoms with van der Waals surface area (Å²) in [5.41, 5.74) is 1.11. The second-order valence-corrected chi connectivity index (χ2v) is 6.70. The van der Waals surface area contributed by atoms with E-state index in [1.807, 2.05) is 43.3 Å². The van der Waals surface area contributed by atoms with Gasteiger partial charge < -0.3 is 14.4 Å². The van der Waals surface area contributed by atoms with E-state index in [2.05, 4.69) is 20.9 Å². The van der Waals surface area contributed by atoms with Crippen molar-refractivity contribution in [2.45, 2.75) is 19.4 Å². The number of aryl methyl sites for hydroxylation is 1. The number of carbonyl (C=O) groups excluding carboxylic acids is 1. The summed E-state index contributed by atoms with van der Waals surface area (Å²) in [6.07, 6.45) is 2.47. The molecule has 1 unspecified atom stereocenters. The molecule has 1 saturated heterocycles. The van der Waals surface area contributed by atoms with Gasteiger partial charge in [0.1, 0.15) is 11.9 Å². The number of halogens is 1. The fourth-order valence-electron chi connectivity index (χ4n) is 2.60. The Morgan fingerprint density at radius 1 is 1.38 bits per heavy atom. The SMILES string of the molecule is Cc1cccc(OCC(=O)N2CCC(Oc3ccc(Br)cn3)C2)c1. The van der Waals surface area contributed by atoms with Gasteiger partial charge in [-0.1, -0.05) is 12.1 Å². The second-order valence-electron chi connectivity index (χ2n) is 5.79. The van der Waals surface area contributed by atoms with Gasteiger partial charge in [0.05, 0.1) is 6.54 Å². The van der Waals surface area contributed by atoms with Gasteiger partial charge >= 0.3 is 0 Å². The Hall–Kier alpha value is -2.08. The summed E-state index contributed by atoms with van der Waals surface area (Å²) in [6, 6.07) is 11.4. The van der Waals surface area contributed by atoms with Gasteiger partial charge in [-0.15, -0.1) is 0 Å². The standard InChI is InChI=1S/C18H19BrN2O3/c1-13-3-2-4-15(9-13)23-12-18(22)21-8-7-16(11-21)24-17-6-5-14(19)10-20-17/h2-6,9-10,16H,7-8,11-12H2,1H3. The van der Waals surface area contributed by atoms with E-state index < -0.39 is 0 Å². The number of benzene rings is 1. The van der Waals surface area contributed by atoms with Gasteiger partial charge in [0.15, 0.2) is 6.61 Å². The predicted octanol–water partition coefficient (Wildman–Crippen LogP) is 3.21. The number of ether oxygens (including phenoxy) is 2. The Balaban J connectivity index is 1.48. The molecule has 126 valence electrons. The smallest absolute Gasteiger partial charge is 0.260 e. The van der Waals surface area contributed by atoms with Crippen molar-refractivity contribution in [2.75, 3.05) is 19.7 Å². The Kier molecular flexibility index (Phi) is 5.35. The molecule has 24 heavy (non-hydrogen) atoms. The number of hydrogen-bond acceptors (Lipinski definition) is 4. The first kappa shape index (κ1) is 16.8. The number of carbonyl (C=O) groups is 1. The first-order valence-corrected chi connectivity index (χ1v) is 8.65. The van der Waals surface area contributed by atoms with Crippen LogP contribution in [0.1, 0.15) is 12.0 Å². The van der Waals surface area contributed by atoms with Crippen LogP contribution in [-0.2, 0) is 4.79 Å². The number of aromatic nitrogens is 1. The molecule has 1 aliphatic heterocycles. The highest BCUT2D eigenvalue weighted by Gasteiger charge is 2.28. The topological polar surface area (TPSA) is 51.7 Å². The van der Waals surface area contributed by atoms with Crippen LogP contribution in [0.25, 0.3) is 0 Å². The minimum Gasteiger partial charge on any atom is -0.484 e. The molecule has 1 atom stereocenters. The van der Waals surface area contributed by atoms with Crippen molar-refractivity contribution in [3.05, 3.63) is 52.6 Å². The van der Waals surface area contributed by atoms with Gasteiger partial charge in [-0.2, -0.15) is 0 Å². The van der Waals surface area contributed by atoms with E-state index in [0.717, 1.165) is 22.2 Å². The Morgan fingerprint density at radius 2 is 2.25 bits per heavy atom. The number of amides is 1. The maximum Gasteiger partial charge on any atom is 0.260 e. The molecule has 0 spiro atoms. The molecular formula is C18H19BrN2O3. The fraction of sp³-hybridized carbons (Fsp3) is 0.333. The average Bonchev–Trinajstić information content (AvgIpc) is 3.03. The van der Waals surface area contributed by atoms with E-state index in [-0.39, 0.29) is 18.6 Å². The monoisotopic (exact) mass is 390 g/mol. The lowest BCUT2D eigenvalue weighted by atomic mass is 10.2. The average molecular weight is 391 g/mol. The van der Waals surface area contributed by atoms with Crippen LogP contribution in [0.5, 0.6) is 11.6 Å². The highest BCUT2D eigenvalue weighted by atomic mass is 79.9. The molecule has 2 aromatic rings. The maximum absolute atomic E-state index is 12.3. The van der Waals surface area contributed by atoms with Crippen LogP contribution in [0, 0.1) is 6.92 Å². The molecule has 0 N–H and O–H groups in total. The van der Waals surface area contributed by atoms with Crippen molar-refractivity contribution < 1.29 is 14.3 Å². The van der Waals surface area contributed by atoms with E-state index in [1.54, 1.807) is 11.1 Å². The van der Waals surface area contributed by atoms with E-state index in [1.165, 1.54) is 0 Å². The molecule has 0 bridgehead atoms. The van der Waals surface area contributed by atoms with Crippen LogP contribution in [-0.4, -0.2) is 41.6 Å². The predicted molar refractivity (Wildman–Crippen MR) is 94.2 cm³/mol. The number of rotatable bonds is 5. The maximum atomic E-state index is 12.3. The van der Waals surface area contributed by atoms with E-state index >= 15 is 0 Å². The van der Waals surface area contributed by atoms with Crippen molar-refractivity contribution >= 4 is 21.8 Å². The Morgan fingerprint density at radius 3 is 3.00 bits per heavy atom. The summed E-state index contributed by atoms with van der Waals surface area (Å²) < 4.78 is 12.3. The minimum absolute atomic E-state index is 0.0219. The molecule has 0 saturated carbocycles.